The normalized spacial score (nSPS) is 12.5. The van der Waals surface area contributed by atoms with Crippen molar-refractivity contribution in [2.24, 2.45) is 5.92 Å². The SMILES string of the molecule is CCCCCn1nc(C(=O)NCC(O)C(C)C)c2ccccc2c1=O. The highest BCUT2D eigenvalue weighted by Crippen LogP contribution is 2.13. The van der Waals surface area contributed by atoms with Gasteiger partial charge in [-0.25, -0.2) is 4.68 Å². The van der Waals surface area contributed by atoms with E-state index < -0.39 is 6.10 Å². The van der Waals surface area contributed by atoms with Crippen LogP contribution in [0.3, 0.4) is 0 Å². The highest BCUT2D eigenvalue weighted by atomic mass is 16.3. The Labute approximate surface area is 147 Å². The van der Waals surface area contributed by atoms with Crippen LogP contribution in [-0.2, 0) is 6.54 Å². The Hall–Kier alpha value is -2.21. The zero-order valence-electron chi connectivity index (χ0n) is 15.2. The number of aryl methyl sites for hydroxylation is 1. The van der Waals surface area contributed by atoms with Crippen molar-refractivity contribution in [1.82, 2.24) is 15.1 Å². The Balaban J connectivity index is 2.35. The molecule has 0 fully saturated rings. The molecule has 0 spiro atoms. The number of unbranched alkanes of at least 4 members (excludes halogenated alkanes) is 2. The summed E-state index contributed by atoms with van der Waals surface area (Å²) in [4.78, 5) is 25.2. The number of hydrogen-bond acceptors (Lipinski definition) is 4. The summed E-state index contributed by atoms with van der Waals surface area (Å²) in [5, 5.41) is 17.9. The van der Waals surface area contributed by atoms with Gasteiger partial charge in [-0.15, -0.1) is 0 Å². The zero-order chi connectivity index (χ0) is 18.4. The lowest BCUT2D eigenvalue weighted by atomic mass is 10.1. The van der Waals surface area contributed by atoms with E-state index in [4.69, 9.17) is 0 Å². The van der Waals surface area contributed by atoms with Crippen LogP contribution in [0.1, 0.15) is 50.5 Å². The van der Waals surface area contributed by atoms with E-state index in [2.05, 4.69) is 17.3 Å². The quantitative estimate of drug-likeness (QED) is 0.719. The second-order valence-corrected chi connectivity index (χ2v) is 6.65. The van der Waals surface area contributed by atoms with Gasteiger partial charge in [-0.05, 0) is 18.4 Å². The fraction of sp³-hybridized carbons (Fsp3) is 0.526. The molecule has 0 aliphatic carbocycles. The van der Waals surface area contributed by atoms with Crippen molar-refractivity contribution in [2.75, 3.05) is 6.54 Å². The van der Waals surface area contributed by atoms with Crippen LogP contribution in [0.15, 0.2) is 29.1 Å². The van der Waals surface area contributed by atoms with E-state index in [-0.39, 0.29) is 29.6 Å². The molecule has 2 aromatic rings. The van der Waals surface area contributed by atoms with Gasteiger partial charge in [0.2, 0.25) is 0 Å². The average Bonchev–Trinajstić information content (AvgIpc) is 2.61. The van der Waals surface area contributed by atoms with Crippen LogP contribution >= 0.6 is 0 Å². The molecule has 1 aromatic heterocycles. The topological polar surface area (TPSA) is 84.2 Å². The molecule has 0 bridgehead atoms. The molecule has 0 radical (unpaired) electrons. The van der Waals surface area contributed by atoms with E-state index >= 15 is 0 Å². The van der Waals surface area contributed by atoms with E-state index in [0.717, 1.165) is 19.3 Å². The number of rotatable bonds is 8. The van der Waals surface area contributed by atoms with E-state index in [1.807, 2.05) is 13.8 Å². The van der Waals surface area contributed by atoms with E-state index in [9.17, 15) is 14.7 Å². The van der Waals surface area contributed by atoms with Crippen LogP contribution in [0.2, 0.25) is 0 Å². The molecule has 1 atom stereocenters. The second kappa shape index (κ2) is 8.76. The van der Waals surface area contributed by atoms with Crippen molar-refractivity contribution in [1.29, 1.82) is 0 Å². The lowest BCUT2D eigenvalue weighted by Gasteiger charge is -2.16. The molecular weight excluding hydrogens is 318 g/mol. The predicted molar refractivity (Wildman–Crippen MR) is 98.7 cm³/mol. The zero-order valence-corrected chi connectivity index (χ0v) is 15.2. The van der Waals surface area contributed by atoms with Crippen molar-refractivity contribution in [3.8, 4) is 0 Å². The number of fused-ring (bicyclic) bond motifs is 1. The Morgan fingerprint density at radius 2 is 1.92 bits per heavy atom. The van der Waals surface area contributed by atoms with Crippen LogP contribution in [-0.4, -0.2) is 33.4 Å². The smallest absolute Gasteiger partial charge is 0.274 e. The molecule has 0 aliphatic heterocycles. The summed E-state index contributed by atoms with van der Waals surface area (Å²) in [6, 6.07) is 7.01. The highest BCUT2D eigenvalue weighted by molar-refractivity contribution is 6.04. The predicted octanol–water partition coefficient (Wildman–Crippen LogP) is 2.33. The van der Waals surface area contributed by atoms with Crippen molar-refractivity contribution >= 4 is 16.7 Å². The molecule has 136 valence electrons. The first-order valence-electron chi connectivity index (χ1n) is 8.91. The Bertz CT molecular complexity index is 783. The average molecular weight is 345 g/mol. The third-order valence-electron chi connectivity index (χ3n) is 4.30. The minimum absolute atomic E-state index is 0.0491. The number of aliphatic hydroxyl groups excluding tert-OH is 1. The molecule has 6 nitrogen and oxygen atoms in total. The molecule has 2 N–H and O–H groups in total. The van der Waals surface area contributed by atoms with E-state index in [1.54, 1.807) is 24.3 Å². The number of hydrogen-bond donors (Lipinski definition) is 2. The molecule has 0 saturated carbocycles. The first-order chi connectivity index (χ1) is 12.0. The van der Waals surface area contributed by atoms with Crippen LogP contribution in [0.25, 0.3) is 10.8 Å². The Morgan fingerprint density at radius 3 is 2.56 bits per heavy atom. The summed E-state index contributed by atoms with van der Waals surface area (Å²) in [5.74, 6) is -0.326. The number of carbonyl (C=O) groups excluding carboxylic acids is 1. The fourth-order valence-corrected chi connectivity index (χ4v) is 2.58. The van der Waals surface area contributed by atoms with Gasteiger partial charge in [0.1, 0.15) is 0 Å². The molecule has 25 heavy (non-hydrogen) atoms. The van der Waals surface area contributed by atoms with Crippen molar-refractivity contribution in [2.45, 2.75) is 52.7 Å². The van der Waals surface area contributed by atoms with Gasteiger partial charge >= 0.3 is 0 Å². The van der Waals surface area contributed by atoms with Crippen molar-refractivity contribution in [3.63, 3.8) is 0 Å². The maximum Gasteiger partial charge on any atom is 0.274 e. The molecule has 6 heteroatoms. The number of aliphatic hydroxyl groups is 1. The number of nitrogens with zero attached hydrogens (tertiary/aromatic N) is 2. The lowest BCUT2D eigenvalue weighted by molar-refractivity contribution is 0.0866. The van der Waals surface area contributed by atoms with Gasteiger partial charge in [0.25, 0.3) is 11.5 Å². The number of amides is 1. The first-order valence-corrected chi connectivity index (χ1v) is 8.91. The van der Waals surface area contributed by atoms with Crippen LogP contribution < -0.4 is 10.9 Å². The van der Waals surface area contributed by atoms with Gasteiger partial charge in [-0.3, -0.25) is 9.59 Å². The Kier molecular flexibility index (Phi) is 6.70. The number of aromatic nitrogens is 2. The van der Waals surface area contributed by atoms with E-state index in [1.165, 1.54) is 4.68 Å². The van der Waals surface area contributed by atoms with Gasteiger partial charge < -0.3 is 10.4 Å². The van der Waals surface area contributed by atoms with Gasteiger partial charge in [-0.1, -0.05) is 51.8 Å². The van der Waals surface area contributed by atoms with Gasteiger partial charge in [0, 0.05) is 18.5 Å². The van der Waals surface area contributed by atoms with Gasteiger partial charge in [0.15, 0.2) is 5.69 Å². The number of carbonyl (C=O) groups is 1. The standard InChI is InChI=1S/C19H27N3O3/c1-4-5-8-11-22-19(25)15-10-7-6-9-14(15)17(21-22)18(24)20-12-16(23)13(2)3/h6-7,9-10,13,16,23H,4-5,8,11-12H2,1-3H3,(H,20,24). The summed E-state index contributed by atoms with van der Waals surface area (Å²) in [7, 11) is 0. The largest absolute Gasteiger partial charge is 0.391 e. The minimum Gasteiger partial charge on any atom is -0.391 e. The van der Waals surface area contributed by atoms with E-state index in [0.29, 0.717) is 17.3 Å². The Morgan fingerprint density at radius 1 is 1.24 bits per heavy atom. The summed E-state index contributed by atoms with van der Waals surface area (Å²) < 4.78 is 1.38. The molecule has 1 unspecified atom stereocenters. The lowest BCUT2D eigenvalue weighted by Crippen LogP contribution is -2.36. The van der Waals surface area contributed by atoms with Gasteiger partial charge in [-0.2, -0.15) is 5.10 Å². The van der Waals surface area contributed by atoms with Crippen LogP contribution in [0, 0.1) is 5.92 Å². The second-order valence-electron chi connectivity index (χ2n) is 6.65. The van der Waals surface area contributed by atoms with Crippen LogP contribution in [0.4, 0.5) is 0 Å². The number of benzene rings is 1. The first kappa shape index (κ1) is 19.1. The number of nitrogens with one attached hydrogen (secondary N) is 1. The third-order valence-corrected chi connectivity index (χ3v) is 4.30. The summed E-state index contributed by atoms with van der Waals surface area (Å²) >= 11 is 0. The van der Waals surface area contributed by atoms with Gasteiger partial charge in [0.05, 0.1) is 11.5 Å². The molecule has 1 aromatic carbocycles. The fourth-order valence-electron chi connectivity index (χ4n) is 2.58. The molecule has 0 aliphatic rings. The minimum atomic E-state index is -0.620. The van der Waals surface area contributed by atoms with Crippen LogP contribution in [0.5, 0.6) is 0 Å². The highest BCUT2D eigenvalue weighted by Gasteiger charge is 2.18. The monoisotopic (exact) mass is 345 g/mol. The maximum absolute atomic E-state index is 12.6. The molecular formula is C19H27N3O3. The summed E-state index contributed by atoms with van der Waals surface area (Å²) in [5.41, 5.74) is 0.0492. The summed E-state index contributed by atoms with van der Waals surface area (Å²) in [6.07, 6.45) is 2.27. The molecule has 0 saturated heterocycles. The molecule has 1 heterocycles. The maximum atomic E-state index is 12.6. The molecule has 2 rings (SSSR count). The summed E-state index contributed by atoms with van der Waals surface area (Å²) in [6.45, 7) is 6.51. The third kappa shape index (κ3) is 4.66. The van der Waals surface area contributed by atoms with Crippen molar-refractivity contribution in [3.05, 3.63) is 40.3 Å². The van der Waals surface area contributed by atoms with Crippen molar-refractivity contribution < 1.29 is 9.90 Å². The molecule has 1 amide bonds.